The SMILES string of the molecule is COc1ccc(/C(O)=C2/C(=O)C(=O)N(Cc3ccco3)C2c2cccnc2)cc1Br. The summed E-state index contributed by atoms with van der Waals surface area (Å²) in [6, 6.07) is 11.0. The smallest absolute Gasteiger partial charge is 0.296 e. The number of carbonyl (C=O) groups is 2. The van der Waals surface area contributed by atoms with Crippen molar-refractivity contribution >= 4 is 33.4 Å². The number of amides is 1. The summed E-state index contributed by atoms with van der Waals surface area (Å²) < 4.78 is 11.2. The van der Waals surface area contributed by atoms with E-state index in [0.717, 1.165) is 0 Å². The zero-order valence-electron chi connectivity index (χ0n) is 15.9. The van der Waals surface area contributed by atoms with Gasteiger partial charge in [0.05, 0.1) is 36.0 Å². The first kappa shape index (κ1) is 19.9. The topological polar surface area (TPSA) is 92.9 Å². The van der Waals surface area contributed by atoms with Gasteiger partial charge >= 0.3 is 0 Å². The van der Waals surface area contributed by atoms with E-state index in [-0.39, 0.29) is 17.9 Å². The summed E-state index contributed by atoms with van der Waals surface area (Å²) in [7, 11) is 1.53. The highest BCUT2D eigenvalue weighted by molar-refractivity contribution is 9.10. The zero-order valence-corrected chi connectivity index (χ0v) is 17.5. The molecule has 0 spiro atoms. The molecule has 1 fully saturated rings. The standard InChI is InChI=1S/C22H17BrN2O5/c1-29-17-7-6-13(10-16(17)23)20(26)18-19(14-4-2-8-24-11-14)25(22(28)21(18)27)12-15-5-3-9-30-15/h2-11,19,26H,12H2,1H3/b20-18-. The van der Waals surface area contributed by atoms with E-state index in [4.69, 9.17) is 9.15 Å². The second kappa shape index (κ2) is 8.16. The molecule has 7 nitrogen and oxygen atoms in total. The van der Waals surface area contributed by atoms with Crippen LogP contribution in [0, 0.1) is 0 Å². The van der Waals surface area contributed by atoms with Crippen LogP contribution >= 0.6 is 15.9 Å². The Bertz CT molecular complexity index is 1130. The number of pyridine rings is 1. The number of hydrogen-bond donors (Lipinski definition) is 1. The Morgan fingerprint density at radius 2 is 2.10 bits per heavy atom. The first-order valence-corrected chi connectivity index (χ1v) is 9.85. The number of rotatable bonds is 5. The fourth-order valence-electron chi connectivity index (χ4n) is 3.47. The Hall–Kier alpha value is -3.39. The van der Waals surface area contributed by atoms with E-state index in [9.17, 15) is 14.7 Å². The quantitative estimate of drug-likeness (QED) is 0.344. The molecule has 0 bridgehead atoms. The highest BCUT2D eigenvalue weighted by Crippen LogP contribution is 2.40. The van der Waals surface area contributed by atoms with Gasteiger partial charge in [0.2, 0.25) is 0 Å². The van der Waals surface area contributed by atoms with Crippen LogP contribution in [0.15, 0.2) is 75.6 Å². The molecule has 8 heteroatoms. The molecule has 4 rings (SSSR count). The minimum absolute atomic E-state index is 0.00313. The van der Waals surface area contributed by atoms with Crippen molar-refractivity contribution in [2.45, 2.75) is 12.6 Å². The largest absolute Gasteiger partial charge is 0.507 e. The fourth-order valence-corrected chi connectivity index (χ4v) is 4.01. The molecular formula is C22H17BrN2O5. The third-order valence-corrected chi connectivity index (χ3v) is 5.49. The van der Waals surface area contributed by atoms with Crippen LogP contribution < -0.4 is 4.74 Å². The Kier molecular flexibility index (Phi) is 5.41. The van der Waals surface area contributed by atoms with Gasteiger partial charge < -0.3 is 19.2 Å². The van der Waals surface area contributed by atoms with E-state index in [1.54, 1.807) is 54.9 Å². The maximum absolute atomic E-state index is 13.0. The number of halogens is 1. The zero-order chi connectivity index (χ0) is 21.3. The molecule has 1 saturated heterocycles. The fraction of sp³-hybridized carbons (Fsp3) is 0.136. The molecule has 0 saturated carbocycles. The number of Topliss-reactive ketones (excluding diaryl/α,β-unsaturated/α-hetero) is 1. The van der Waals surface area contributed by atoms with Gasteiger partial charge in [0.25, 0.3) is 11.7 Å². The number of likely N-dealkylation sites (tertiary alicyclic amines) is 1. The lowest BCUT2D eigenvalue weighted by Gasteiger charge is -2.24. The molecule has 1 unspecified atom stereocenters. The van der Waals surface area contributed by atoms with E-state index in [1.165, 1.54) is 18.3 Å². The molecule has 3 aromatic rings. The molecule has 1 aliphatic heterocycles. The summed E-state index contributed by atoms with van der Waals surface area (Å²) in [5.41, 5.74) is 0.988. The lowest BCUT2D eigenvalue weighted by molar-refractivity contribution is -0.140. The number of aliphatic hydroxyl groups is 1. The van der Waals surface area contributed by atoms with Crippen molar-refractivity contribution in [2.24, 2.45) is 0 Å². The van der Waals surface area contributed by atoms with Crippen molar-refractivity contribution in [1.29, 1.82) is 0 Å². The predicted octanol–water partition coefficient (Wildman–Crippen LogP) is 4.07. The van der Waals surface area contributed by atoms with Crippen LogP contribution in [-0.2, 0) is 16.1 Å². The number of hydrogen-bond acceptors (Lipinski definition) is 6. The Morgan fingerprint density at radius 3 is 2.73 bits per heavy atom. The van der Waals surface area contributed by atoms with Gasteiger partial charge in [-0.05, 0) is 57.9 Å². The van der Waals surface area contributed by atoms with Crippen molar-refractivity contribution in [3.63, 3.8) is 0 Å². The first-order chi connectivity index (χ1) is 14.5. The molecule has 1 atom stereocenters. The number of benzene rings is 1. The number of carbonyl (C=O) groups excluding carboxylic acids is 2. The van der Waals surface area contributed by atoms with Crippen molar-refractivity contribution < 1.29 is 23.8 Å². The number of ether oxygens (including phenoxy) is 1. The minimum atomic E-state index is -0.801. The maximum atomic E-state index is 13.0. The molecule has 1 N–H and O–H groups in total. The average molecular weight is 469 g/mol. The third-order valence-electron chi connectivity index (χ3n) is 4.87. The van der Waals surface area contributed by atoms with Crippen molar-refractivity contribution in [2.75, 3.05) is 7.11 Å². The molecule has 1 aliphatic rings. The number of ketones is 1. The Labute approximate surface area is 180 Å². The van der Waals surface area contributed by atoms with Crippen LogP contribution in [0.4, 0.5) is 0 Å². The second-order valence-corrected chi connectivity index (χ2v) is 7.50. The van der Waals surface area contributed by atoms with Gasteiger partial charge in [-0.2, -0.15) is 0 Å². The number of aliphatic hydroxyl groups excluding tert-OH is 1. The number of furan rings is 1. The van der Waals surface area contributed by atoms with Crippen LogP contribution in [0.2, 0.25) is 0 Å². The van der Waals surface area contributed by atoms with Crippen LogP contribution in [0.25, 0.3) is 5.76 Å². The molecule has 30 heavy (non-hydrogen) atoms. The minimum Gasteiger partial charge on any atom is -0.507 e. The Morgan fingerprint density at radius 1 is 1.27 bits per heavy atom. The van der Waals surface area contributed by atoms with Gasteiger partial charge in [-0.25, -0.2) is 0 Å². The summed E-state index contributed by atoms with van der Waals surface area (Å²) in [6.07, 6.45) is 4.67. The highest BCUT2D eigenvalue weighted by atomic mass is 79.9. The molecule has 0 aliphatic carbocycles. The summed E-state index contributed by atoms with van der Waals surface area (Å²) >= 11 is 3.38. The lowest BCUT2D eigenvalue weighted by atomic mass is 9.96. The van der Waals surface area contributed by atoms with Crippen molar-refractivity contribution in [3.05, 3.63) is 88.1 Å². The summed E-state index contributed by atoms with van der Waals surface area (Å²) in [5, 5.41) is 11.0. The molecule has 1 aromatic carbocycles. The normalized spacial score (nSPS) is 18.1. The summed E-state index contributed by atoms with van der Waals surface area (Å²) in [6.45, 7) is 0.0836. The van der Waals surface area contributed by atoms with Gasteiger partial charge in [-0.1, -0.05) is 6.07 Å². The summed E-state index contributed by atoms with van der Waals surface area (Å²) in [4.78, 5) is 31.3. The van der Waals surface area contributed by atoms with Gasteiger partial charge in [-0.15, -0.1) is 0 Å². The van der Waals surface area contributed by atoms with Crippen LogP contribution in [-0.4, -0.2) is 33.8 Å². The summed E-state index contributed by atoms with van der Waals surface area (Å²) in [5.74, 6) is -0.645. The van der Waals surface area contributed by atoms with E-state index >= 15 is 0 Å². The van der Waals surface area contributed by atoms with Crippen molar-refractivity contribution in [1.82, 2.24) is 9.88 Å². The van der Waals surface area contributed by atoms with E-state index in [2.05, 4.69) is 20.9 Å². The van der Waals surface area contributed by atoms with Crippen LogP contribution in [0.3, 0.4) is 0 Å². The Balaban J connectivity index is 1.85. The highest BCUT2D eigenvalue weighted by Gasteiger charge is 2.46. The molecule has 1 amide bonds. The monoisotopic (exact) mass is 468 g/mol. The first-order valence-electron chi connectivity index (χ1n) is 9.06. The van der Waals surface area contributed by atoms with E-state index in [0.29, 0.717) is 27.1 Å². The predicted molar refractivity (Wildman–Crippen MR) is 111 cm³/mol. The molecule has 152 valence electrons. The molecule has 0 radical (unpaired) electrons. The number of aromatic nitrogens is 1. The lowest BCUT2D eigenvalue weighted by Crippen LogP contribution is -2.29. The maximum Gasteiger partial charge on any atom is 0.296 e. The van der Waals surface area contributed by atoms with Crippen molar-refractivity contribution in [3.8, 4) is 5.75 Å². The second-order valence-electron chi connectivity index (χ2n) is 6.64. The average Bonchev–Trinajstić information content (AvgIpc) is 3.36. The van der Waals surface area contributed by atoms with Gasteiger partial charge in [0, 0.05) is 18.0 Å². The third kappa shape index (κ3) is 3.50. The van der Waals surface area contributed by atoms with Crippen LogP contribution in [0.5, 0.6) is 5.75 Å². The van der Waals surface area contributed by atoms with Gasteiger partial charge in [0.1, 0.15) is 17.3 Å². The molecule has 3 heterocycles. The molecular weight excluding hydrogens is 452 g/mol. The number of nitrogens with zero attached hydrogens (tertiary/aromatic N) is 2. The van der Waals surface area contributed by atoms with E-state index in [1.807, 2.05) is 0 Å². The van der Waals surface area contributed by atoms with E-state index < -0.39 is 17.7 Å². The molecule has 2 aromatic heterocycles. The van der Waals surface area contributed by atoms with Gasteiger partial charge in [0.15, 0.2) is 0 Å². The van der Waals surface area contributed by atoms with Gasteiger partial charge in [-0.3, -0.25) is 14.6 Å². The number of methoxy groups -OCH3 is 1. The van der Waals surface area contributed by atoms with Crippen LogP contribution in [0.1, 0.15) is 22.9 Å².